The van der Waals surface area contributed by atoms with Crippen LogP contribution < -0.4 is 10.2 Å². The number of nitrogens with one attached hydrogen (secondary N) is 2. The molecule has 4 aromatic rings. The van der Waals surface area contributed by atoms with Crippen molar-refractivity contribution in [2.24, 2.45) is 0 Å². The highest BCUT2D eigenvalue weighted by molar-refractivity contribution is 5.87. The van der Waals surface area contributed by atoms with Gasteiger partial charge in [0.2, 0.25) is 5.95 Å². The average molecular weight is 370 g/mol. The Bertz CT molecular complexity index is 1070. The van der Waals surface area contributed by atoms with Gasteiger partial charge >= 0.3 is 0 Å². The van der Waals surface area contributed by atoms with E-state index in [1.807, 2.05) is 36.4 Å². The summed E-state index contributed by atoms with van der Waals surface area (Å²) in [4.78, 5) is 20.0. The number of anilines is 2. The fraction of sp³-hybridized carbons (Fsp3) is 0.227. The van der Waals surface area contributed by atoms with Gasteiger partial charge in [-0.05, 0) is 18.4 Å². The van der Waals surface area contributed by atoms with E-state index in [0.717, 1.165) is 35.8 Å². The zero-order valence-electron chi connectivity index (χ0n) is 15.6. The van der Waals surface area contributed by atoms with E-state index in [4.69, 9.17) is 9.97 Å². The van der Waals surface area contributed by atoms with E-state index in [1.165, 1.54) is 18.4 Å². The third-order valence-corrected chi connectivity index (χ3v) is 5.08. The Morgan fingerprint density at radius 3 is 2.32 bits per heavy atom. The normalized spacial score (nSPS) is 13.9. The maximum Gasteiger partial charge on any atom is 0.227 e. The molecule has 0 saturated carbocycles. The van der Waals surface area contributed by atoms with Crippen molar-refractivity contribution in [1.82, 2.24) is 19.9 Å². The molecule has 0 atom stereocenters. The summed E-state index contributed by atoms with van der Waals surface area (Å²) in [5.74, 6) is 2.38. The first-order valence-corrected chi connectivity index (χ1v) is 9.73. The van der Waals surface area contributed by atoms with Crippen LogP contribution in [0.3, 0.4) is 0 Å². The van der Waals surface area contributed by atoms with E-state index >= 15 is 0 Å². The Hall–Kier alpha value is -3.41. The van der Waals surface area contributed by atoms with Gasteiger partial charge in [0.25, 0.3) is 0 Å². The van der Waals surface area contributed by atoms with E-state index in [-0.39, 0.29) is 0 Å². The maximum absolute atomic E-state index is 4.84. The smallest absolute Gasteiger partial charge is 0.227 e. The van der Waals surface area contributed by atoms with Crippen LogP contribution >= 0.6 is 0 Å². The molecule has 0 spiro atoms. The summed E-state index contributed by atoms with van der Waals surface area (Å²) in [5, 5.41) is 3.36. The van der Waals surface area contributed by atoms with Crippen LogP contribution in [0.4, 0.5) is 11.8 Å². The van der Waals surface area contributed by atoms with Crippen molar-refractivity contribution in [2.75, 3.05) is 23.3 Å². The quantitative estimate of drug-likeness (QED) is 0.550. The highest BCUT2D eigenvalue weighted by Gasteiger charge is 2.21. The van der Waals surface area contributed by atoms with Crippen molar-refractivity contribution in [3.63, 3.8) is 0 Å². The minimum Gasteiger partial charge on any atom is -0.355 e. The number of nitrogens with zero attached hydrogens (tertiary/aromatic N) is 4. The molecule has 6 heteroatoms. The van der Waals surface area contributed by atoms with Crippen LogP contribution in [0.15, 0.2) is 60.7 Å². The van der Waals surface area contributed by atoms with Gasteiger partial charge in [0, 0.05) is 25.2 Å². The third kappa shape index (κ3) is 3.29. The van der Waals surface area contributed by atoms with E-state index in [9.17, 15) is 0 Å². The molecule has 28 heavy (non-hydrogen) atoms. The molecule has 140 valence electrons. The number of aromatic amines is 1. The lowest BCUT2D eigenvalue weighted by Gasteiger charge is -2.17. The Kier molecular flexibility index (Phi) is 4.37. The molecule has 5 rings (SSSR count). The highest BCUT2D eigenvalue weighted by atomic mass is 15.3. The van der Waals surface area contributed by atoms with E-state index < -0.39 is 0 Å². The van der Waals surface area contributed by atoms with E-state index in [0.29, 0.717) is 18.1 Å². The number of fused-ring (bicyclic) bond motifs is 1. The molecule has 1 aliphatic rings. The van der Waals surface area contributed by atoms with Crippen LogP contribution in [0.5, 0.6) is 0 Å². The first-order valence-electron chi connectivity index (χ1n) is 9.73. The zero-order valence-corrected chi connectivity index (χ0v) is 15.6. The topological polar surface area (TPSA) is 69.7 Å². The molecule has 1 fully saturated rings. The number of benzene rings is 2. The van der Waals surface area contributed by atoms with Crippen LogP contribution in [-0.2, 0) is 6.54 Å². The standard InChI is InChI=1S/C22H22N6/c1-3-9-16(10-4-1)15-23-22-26-20-18(21(27-22)28-13-7-8-14-28)24-19(25-20)17-11-5-2-6-12-17/h1-6,9-12H,7-8,13-15H2,(H2,23,24,25,26,27). The molecule has 0 amide bonds. The number of hydrogen-bond acceptors (Lipinski definition) is 5. The van der Waals surface area contributed by atoms with Crippen LogP contribution in [0, 0.1) is 0 Å². The van der Waals surface area contributed by atoms with Gasteiger partial charge in [-0.25, -0.2) is 4.98 Å². The largest absolute Gasteiger partial charge is 0.355 e. The van der Waals surface area contributed by atoms with Gasteiger partial charge in [-0.1, -0.05) is 60.7 Å². The first kappa shape index (κ1) is 16.7. The van der Waals surface area contributed by atoms with E-state index in [2.05, 4.69) is 44.5 Å². The SMILES string of the molecule is c1ccc(CNc2nc(N3CCCC3)c3[nH]c(-c4ccccc4)nc3n2)cc1. The van der Waals surface area contributed by atoms with Crippen molar-refractivity contribution in [3.05, 3.63) is 66.2 Å². The molecule has 3 heterocycles. The summed E-state index contributed by atoms with van der Waals surface area (Å²) in [6.45, 7) is 2.72. The molecule has 2 N–H and O–H groups in total. The van der Waals surface area contributed by atoms with Gasteiger partial charge in [0.15, 0.2) is 11.5 Å². The molecule has 0 bridgehead atoms. The molecule has 1 saturated heterocycles. The van der Waals surface area contributed by atoms with Gasteiger partial charge < -0.3 is 15.2 Å². The summed E-state index contributed by atoms with van der Waals surface area (Å²) in [5.41, 5.74) is 3.85. The van der Waals surface area contributed by atoms with Crippen molar-refractivity contribution in [1.29, 1.82) is 0 Å². The van der Waals surface area contributed by atoms with Crippen LogP contribution in [0.25, 0.3) is 22.6 Å². The highest BCUT2D eigenvalue weighted by Crippen LogP contribution is 2.29. The first-order chi connectivity index (χ1) is 13.9. The average Bonchev–Trinajstić information content (AvgIpc) is 3.43. The lowest BCUT2D eigenvalue weighted by molar-refractivity contribution is 0.932. The minimum atomic E-state index is 0.615. The second-order valence-corrected chi connectivity index (χ2v) is 7.05. The number of H-pyrrole nitrogens is 1. The van der Waals surface area contributed by atoms with Gasteiger partial charge in [-0.3, -0.25) is 0 Å². The Labute approximate surface area is 163 Å². The predicted octanol–water partition coefficient (Wildman–Crippen LogP) is 4.23. The van der Waals surface area contributed by atoms with Crippen molar-refractivity contribution in [3.8, 4) is 11.4 Å². The number of imidazole rings is 1. The fourth-order valence-electron chi connectivity index (χ4n) is 3.63. The summed E-state index contributed by atoms with van der Waals surface area (Å²) in [6, 6.07) is 20.4. The second kappa shape index (κ2) is 7.31. The summed E-state index contributed by atoms with van der Waals surface area (Å²) in [7, 11) is 0. The predicted molar refractivity (Wildman–Crippen MR) is 112 cm³/mol. The second-order valence-electron chi connectivity index (χ2n) is 7.05. The third-order valence-electron chi connectivity index (χ3n) is 5.08. The number of hydrogen-bond donors (Lipinski definition) is 2. The molecule has 0 unspecified atom stereocenters. The van der Waals surface area contributed by atoms with Crippen molar-refractivity contribution >= 4 is 22.9 Å². The maximum atomic E-state index is 4.84. The van der Waals surface area contributed by atoms with Gasteiger partial charge in [0.1, 0.15) is 11.3 Å². The fourth-order valence-corrected chi connectivity index (χ4v) is 3.63. The summed E-state index contributed by atoms with van der Waals surface area (Å²) in [6.07, 6.45) is 2.38. The lowest BCUT2D eigenvalue weighted by atomic mass is 10.2. The number of rotatable bonds is 5. The Balaban J connectivity index is 1.53. The van der Waals surface area contributed by atoms with Crippen LogP contribution in [-0.4, -0.2) is 33.0 Å². The minimum absolute atomic E-state index is 0.615. The zero-order chi connectivity index (χ0) is 18.8. The van der Waals surface area contributed by atoms with Crippen molar-refractivity contribution in [2.45, 2.75) is 19.4 Å². The molecule has 0 aliphatic carbocycles. The molecule has 1 aliphatic heterocycles. The summed E-state index contributed by atoms with van der Waals surface area (Å²) < 4.78 is 0. The molecule has 2 aromatic heterocycles. The monoisotopic (exact) mass is 370 g/mol. The van der Waals surface area contributed by atoms with Crippen molar-refractivity contribution < 1.29 is 0 Å². The molecular formula is C22H22N6. The molecule has 0 radical (unpaired) electrons. The molecule has 6 nitrogen and oxygen atoms in total. The molecule has 2 aromatic carbocycles. The van der Waals surface area contributed by atoms with Crippen LogP contribution in [0.2, 0.25) is 0 Å². The van der Waals surface area contributed by atoms with E-state index in [1.54, 1.807) is 0 Å². The number of aromatic nitrogens is 4. The summed E-state index contributed by atoms with van der Waals surface area (Å²) >= 11 is 0. The Morgan fingerprint density at radius 1 is 0.857 bits per heavy atom. The lowest BCUT2D eigenvalue weighted by Crippen LogP contribution is -2.20. The van der Waals surface area contributed by atoms with Gasteiger partial charge in [0.05, 0.1) is 0 Å². The van der Waals surface area contributed by atoms with Gasteiger partial charge in [-0.15, -0.1) is 0 Å². The Morgan fingerprint density at radius 2 is 1.57 bits per heavy atom. The molecular weight excluding hydrogens is 348 g/mol. The van der Waals surface area contributed by atoms with Gasteiger partial charge in [-0.2, -0.15) is 9.97 Å². The van der Waals surface area contributed by atoms with Crippen LogP contribution in [0.1, 0.15) is 18.4 Å².